The van der Waals surface area contributed by atoms with Crippen molar-refractivity contribution in [3.8, 4) is 17.2 Å². The molecule has 0 fully saturated rings. The van der Waals surface area contributed by atoms with Gasteiger partial charge in [-0.1, -0.05) is 6.07 Å². The molecule has 0 aliphatic heterocycles. The first kappa shape index (κ1) is 21.1. The van der Waals surface area contributed by atoms with E-state index in [0.717, 1.165) is 5.56 Å². The Hall–Kier alpha value is -3.22. The summed E-state index contributed by atoms with van der Waals surface area (Å²) in [5.74, 6) is 0.638. The average Bonchev–Trinajstić information content (AvgIpc) is 2.68. The highest BCUT2D eigenvalue weighted by atomic mass is 16.6. The lowest BCUT2D eigenvalue weighted by molar-refractivity contribution is -0.155. The summed E-state index contributed by atoms with van der Waals surface area (Å²) in [6.45, 7) is 5.55. The average molecular weight is 387 g/mol. The van der Waals surface area contributed by atoms with Gasteiger partial charge in [0.2, 0.25) is 0 Å². The van der Waals surface area contributed by atoms with Crippen molar-refractivity contribution in [2.24, 2.45) is 0 Å². The predicted molar refractivity (Wildman–Crippen MR) is 105 cm³/mol. The molecule has 0 bridgehead atoms. The number of anilines is 1. The monoisotopic (exact) mass is 387 g/mol. The van der Waals surface area contributed by atoms with E-state index in [1.807, 2.05) is 19.9 Å². The van der Waals surface area contributed by atoms with Crippen LogP contribution >= 0.6 is 0 Å². The number of carbonyl (C=O) groups excluding carboxylic acids is 2. The Morgan fingerprint density at radius 3 is 2.29 bits per heavy atom. The Morgan fingerprint density at radius 2 is 1.68 bits per heavy atom. The Bertz CT molecular complexity index is 803. The molecule has 0 saturated heterocycles. The van der Waals surface area contributed by atoms with E-state index in [-0.39, 0.29) is 6.61 Å². The van der Waals surface area contributed by atoms with Crippen LogP contribution in [0.2, 0.25) is 0 Å². The van der Waals surface area contributed by atoms with Gasteiger partial charge in [0.05, 0.1) is 19.4 Å². The van der Waals surface area contributed by atoms with Crippen LogP contribution in [0, 0.1) is 6.92 Å². The first-order valence-corrected chi connectivity index (χ1v) is 8.93. The molecule has 1 N–H and O–H groups in total. The van der Waals surface area contributed by atoms with Crippen molar-refractivity contribution in [3.63, 3.8) is 0 Å². The fourth-order valence-electron chi connectivity index (χ4n) is 2.38. The summed E-state index contributed by atoms with van der Waals surface area (Å²) >= 11 is 0. The molecule has 0 saturated carbocycles. The first-order chi connectivity index (χ1) is 13.4. The summed E-state index contributed by atoms with van der Waals surface area (Å²) in [5.41, 5.74) is 1.48. The second kappa shape index (κ2) is 10.2. The van der Waals surface area contributed by atoms with Crippen molar-refractivity contribution in [1.82, 2.24) is 0 Å². The van der Waals surface area contributed by atoms with Gasteiger partial charge in [0, 0.05) is 0 Å². The van der Waals surface area contributed by atoms with Gasteiger partial charge >= 0.3 is 5.97 Å². The molecular weight excluding hydrogens is 362 g/mol. The molecule has 7 nitrogen and oxygen atoms in total. The number of hydrogen-bond donors (Lipinski definition) is 1. The number of ether oxygens (including phenoxy) is 4. The third kappa shape index (κ3) is 6.19. The minimum Gasteiger partial charge on any atom is -0.495 e. The molecule has 2 aromatic rings. The number of rotatable bonds is 9. The van der Waals surface area contributed by atoms with Crippen molar-refractivity contribution >= 4 is 17.6 Å². The fraction of sp³-hybridized carbons (Fsp3) is 0.333. The summed E-state index contributed by atoms with van der Waals surface area (Å²) in [6.07, 6.45) is -0.985. The van der Waals surface area contributed by atoms with E-state index in [1.165, 1.54) is 14.0 Å². The molecule has 28 heavy (non-hydrogen) atoms. The molecule has 2 aromatic carbocycles. The van der Waals surface area contributed by atoms with Gasteiger partial charge in [-0.3, -0.25) is 4.79 Å². The van der Waals surface area contributed by atoms with Crippen LogP contribution in [0.3, 0.4) is 0 Å². The van der Waals surface area contributed by atoms with E-state index < -0.39 is 18.0 Å². The van der Waals surface area contributed by atoms with Crippen molar-refractivity contribution in [1.29, 1.82) is 0 Å². The zero-order valence-corrected chi connectivity index (χ0v) is 16.5. The lowest BCUT2D eigenvalue weighted by atomic mass is 10.2. The molecule has 0 aliphatic carbocycles. The van der Waals surface area contributed by atoms with Crippen molar-refractivity contribution in [2.75, 3.05) is 25.6 Å². The van der Waals surface area contributed by atoms with Crippen LogP contribution in [0.4, 0.5) is 5.69 Å². The fourth-order valence-corrected chi connectivity index (χ4v) is 2.38. The Labute approximate surface area is 164 Å². The maximum Gasteiger partial charge on any atom is 0.344 e. The number of nitrogens with one attached hydrogen (secondary N) is 1. The van der Waals surface area contributed by atoms with Crippen LogP contribution in [0.1, 0.15) is 19.4 Å². The van der Waals surface area contributed by atoms with Crippen LogP contribution in [-0.2, 0) is 14.3 Å². The summed E-state index contributed by atoms with van der Waals surface area (Å²) in [4.78, 5) is 24.3. The maximum atomic E-state index is 12.3. The topological polar surface area (TPSA) is 83.1 Å². The zero-order valence-electron chi connectivity index (χ0n) is 16.5. The third-order valence-corrected chi connectivity index (χ3v) is 3.78. The predicted octanol–water partition coefficient (Wildman–Crippen LogP) is 3.35. The Morgan fingerprint density at radius 1 is 1.04 bits per heavy atom. The lowest BCUT2D eigenvalue weighted by Gasteiger charge is -2.16. The van der Waals surface area contributed by atoms with Gasteiger partial charge in [0.1, 0.15) is 17.2 Å². The summed E-state index contributed by atoms with van der Waals surface area (Å²) < 4.78 is 21.1. The van der Waals surface area contributed by atoms with Crippen molar-refractivity contribution in [3.05, 3.63) is 48.0 Å². The minimum absolute atomic E-state index is 0.306. The Balaban J connectivity index is 1.84. The van der Waals surface area contributed by atoms with Gasteiger partial charge < -0.3 is 24.3 Å². The van der Waals surface area contributed by atoms with Gasteiger partial charge in [-0.05, 0) is 62.7 Å². The molecule has 0 aliphatic rings. The zero-order chi connectivity index (χ0) is 20.5. The van der Waals surface area contributed by atoms with Crippen LogP contribution < -0.4 is 19.5 Å². The van der Waals surface area contributed by atoms with Gasteiger partial charge in [-0.2, -0.15) is 0 Å². The number of aryl methyl sites for hydroxylation is 1. The van der Waals surface area contributed by atoms with Gasteiger partial charge in [-0.15, -0.1) is 0 Å². The number of carbonyl (C=O) groups is 2. The maximum absolute atomic E-state index is 12.3. The van der Waals surface area contributed by atoms with Gasteiger partial charge in [0.15, 0.2) is 12.7 Å². The Kier molecular flexibility index (Phi) is 7.68. The van der Waals surface area contributed by atoms with E-state index >= 15 is 0 Å². The molecule has 1 atom stereocenters. The molecule has 0 aromatic heterocycles. The highest BCUT2D eigenvalue weighted by Gasteiger charge is 2.19. The molecule has 2 rings (SSSR count). The van der Waals surface area contributed by atoms with E-state index in [9.17, 15) is 9.59 Å². The molecular formula is C21H25NO6. The largest absolute Gasteiger partial charge is 0.495 e. The number of hydrogen-bond acceptors (Lipinski definition) is 6. The SMILES string of the molecule is CCOc1ccc(OCC(=O)O[C@H](C)C(=O)Nc2cc(C)ccc2OC)cc1. The van der Waals surface area contributed by atoms with Crippen LogP contribution in [0.15, 0.2) is 42.5 Å². The quantitative estimate of drug-likeness (QED) is 0.665. The number of esters is 1. The molecule has 0 heterocycles. The highest BCUT2D eigenvalue weighted by Crippen LogP contribution is 2.25. The minimum atomic E-state index is -0.985. The number of amides is 1. The molecule has 0 unspecified atom stereocenters. The summed E-state index contributed by atoms with van der Waals surface area (Å²) in [6, 6.07) is 12.3. The molecule has 0 spiro atoms. The summed E-state index contributed by atoms with van der Waals surface area (Å²) in [7, 11) is 1.52. The summed E-state index contributed by atoms with van der Waals surface area (Å²) in [5, 5.41) is 2.70. The van der Waals surface area contributed by atoms with E-state index in [4.69, 9.17) is 18.9 Å². The van der Waals surface area contributed by atoms with Crippen molar-refractivity contribution in [2.45, 2.75) is 26.9 Å². The van der Waals surface area contributed by atoms with Crippen molar-refractivity contribution < 1.29 is 28.5 Å². The highest BCUT2D eigenvalue weighted by molar-refractivity contribution is 5.96. The van der Waals surface area contributed by atoms with E-state index in [2.05, 4.69) is 5.32 Å². The molecule has 0 radical (unpaired) electrons. The molecule has 7 heteroatoms. The molecule has 150 valence electrons. The smallest absolute Gasteiger partial charge is 0.344 e. The molecule has 1 amide bonds. The van der Waals surface area contributed by atoms with Crippen LogP contribution in [0.5, 0.6) is 17.2 Å². The number of methoxy groups -OCH3 is 1. The second-order valence-electron chi connectivity index (χ2n) is 6.02. The van der Waals surface area contributed by atoms with Gasteiger partial charge in [-0.25, -0.2) is 4.79 Å². The lowest BCUT2D eigenvalue weighted by Crippen LogP contribution is -2.31. The second-order valence-corrected chi connectivity index (χ2v) is 6.02. The van der Waals surface area contributed by atoms with E-state index in [1.54, 1.807) is 36.4 Å². The third-order valence-electron chi connectivity index (χ3n) is 3.78. The van der Waals surface area contributed by atoms with Crippen LogP contribution in [0.25, 0.3) is 0 Å². The normalized spacial score (nSPS) is 11.3. The van der Waals surface area contributed by atoms with Crippen LogP contribution in [-0.4, -0.2) is 38.3 Å². The number of benzene rings is 2. The van der Waals surface area contributed by atoms with Gasteiger partial charge in [0.25, 0.3) is 5.91 Å². The standard InChI is InChI=1S/C21H25NO6/c1-5-26-16-7-9-17(10-8-16)27-13-20(23)28-15(3)21(24)22-18-12-14(2)6-11-19(18)25-4/h6-12,15H,5,13H2,1-4H3,(H,22,24)/t15-/m1/s1. The first-order valence-electron chi connectivity index (χ1n) is 8.93. The van der Waals surface area contributed by atoms with E-state index in [0.29, 0.717) is 29.5 Å².